The van der Waals surface area contributed by atoms with E-state index in [1.165, 1.54) is 257 Å². The number of phosphoric acid groups is 2. The summed E-state index contributed by atoms with van der Waals surface area (Å²) in [5.41, 5.74) is 0. The summed E-state index contributed by atoms with van der Waals surface area (Å²) in [5, 5.41) is 10.7. The number of esters is 4. The van der Waals surface area contributed by atoms with E-state index in [1.54, 1.807) is 0 Å². The molecule has 606 valence electrons. The molecule has 0 aromatic carbocycles. The molecule has 0 radical (unpaired) electrons. The molecule has 0 aliphatic carbocycles. The van der Waals surface area contributed by atoms with E-state index >= 15 is 0 Å². The van der Waals surface area contributed by atoms with Gasteiger partial charge in [-0.2, -0.15) is 0 Å². The van der Waals surface area contributed by atoms with Crippen molar-refractivity contribution in [2.45, 2.75) is 458 Å². The molecule has 0 bridgehead atoms. The molecule has 0 aromatic rings. The first-order valence-electron chi connectivity index (χ1n) is 43.0. The highest BCUT2D eigenvalue weighted by Crippen LogP contribution is 2.45. The average molecular weight is 1490 g/mol. The van der Waals surface area contributed by atoms with Crippen LogP contribution in [0.2, 0.25) is 0 Å². The van der Waals surface area contributed by atoms with Crippen molar-refractivity contribution in [3.63, 3.8) is 0 Å². The van der Waals surface area contributed by atoms with Crippen LogP contribution in [0.5, 0.6) is 0 Å². The highest BCUT2D eigenvalue weighted by Gasteiger charge is 2.30. The lowest BCUT2D eigenvalue weighted by molar-refractivity contribution is -0.161. The summed E-state index contributed by atoms with van der Waals surface area (Å²) in [6.45, 7) is 9.73. The average Bonchev–Trinajstić information content (AvgIpc) is 0.916. The number of rotatable bonds is 82. The Morgan fingerprint density at radius 2 is 0.500 bits per heavy atom. The van der Waals surface area contributed by atoms with Gasteiger partial charge in [-0.1, -0.05) is 388 Å². The molecule has 3 unspecified atom stereocenters. The molecule has 0 heterocycles. The Bertz CT molecular complexity index is 1960. The molecule has 0 saturated heterocycles. The topological polar surface area (TPSA) is 237 Å². The van der Waals surface area contributed by atoms with Crippen molar-refractivity contribution in [2.24, 2.45) is 11.8 Å². The van der Waals surface area contributed by atoms with Crippen molar-refractivity contribution < 1.29 is 80.2 Å². The highest BCUT2D eigenvalue weighted by molar-refractivity contribution is 7.47. The lowest BCUT2D eigenvalue weighted by Gasteiger charge is -2.21. The van der Waals surface area contributed by atoms with E-state index in [1.807, 2.05) is 0 Å². The van der Waals surface area contributed by atoms with Crippen molar-refractivity contribution in [2.75, 3.05) is 39.6 Å². The van der Waals surface area contributed by atoms with Crippen molar-refractivity contribution in [1.29, 1.82) is 0 Å². The zero-order valence-electron chi connectivity index (χ0n) is 66.9. The lowest BCUT2D eigenvalue weighted by Crippen LogP contribution is -2.30. The minimum Gasteiger partial charge on any atom is -0.462 e. The zero-order valence-corrected chi connectivity index (χ0v) is 68.7. The van der Waals surface area contributed by atoms with E-state index in [2.05, 4.69) is 41.5 Å². The second-order valence-corrected chi connectivity index (χ2v) is 33.5. The molecule has 19 heteroatoms. The van der Waals surface area contributed by atoms with Crippen LogP contribution in [0.25, 0.3) is 0 Å². The second-order valence-electron chi connectivity index (χ2n) is 30.6. The van der Waals surface area contributed by atoms with Crippen LogP contribution in [0.3, 0.4) is 0 Å². The number of aliphatic hydroxyl groups excluding tert-OH is 1. The van der Waals surface area contributed by atoms with Gasteiger partial charge in [-0.3, -0.25) is 37.3 Å². The third-order valence-corrected chi connectivity index (χ3v) is 21.7. The molecule has 0 aliphatic rings. The minimum absolute atomic E-state index is 0.108. The number of phosphoric ester groups is 2. The minimum atomic E-state index is -4.96. The summed E-state index contributed by atoms with van der Waals surface area (Å²) in [5.74, 6) is -0.458. The molecule has 0 spiro atoms. The summed E-state index contributed by atoms with van der Waals surface area (Å²) < 4.78 is 68.8. The van der Waals surface area contributed by atoms with Crippen LogP contribution in [0, 0.1) is 11.8 Å². The molecule has 0 amide bonds. The van der Waals surface area contributed by atoms with Crippen molar-refractivity contribution in [3.05, 3.63) is 0 Å². The van der Waals surface area contributed by atoms with E-state index < -0.39 is 97.5 Å². The quantitative estimate of drug-likeness (QED) is 0.0222. The molecule has 102 heavy (non-hydrogen) atoms. The first-order valence-corrected chi connectivity index (χ1v) is 46.0. The fourth-order valence-corrected chi connectivity index (χ4v) is 14.4. The van der Waals surface area contributed by atoms with Crippen molar-refractivity contribution >= 4 is 39.5 Å². The van der Waals surface area contributed by atoms with Gasteiger partial charge < -0.3 is 33.8 Å². The molecule has 0 aliphatic heterocycles. The number of aliphatic hydroxyl groups is 1. The Morgan fingerprint density at radius 3 is 0.745 bits per heavy atom. The van der Waals surface area contributed by atoms with Crippen LogP contribution in [-0.2, 0) is 65.4 Å². The number of unbranched alkanes of at least 4 members (excludes halogenated alkanes) is 51. The standard InChI is InChI=1S/C83H162O17P2/c1-7-10-12-14-16-18-20-21-22-23-31-37-43-49-55-61-67-82(87)99-78(71-93-80(85)65-59-53-47-41-33-19-17-15-13-11-8-2)73-97-101(89,90)95-69-77(84)70-96-102(91,92)98-74-79(72-94-81(86)66-60-54-48-42-36-30-26-24-28-34-39-45-51-57-63-75(4)5)100-83(88)68-62-56-50-44-38-32-27-25-29-35-40-46-52-58-64-76(6)9-3/h75-79,84H,7-74H2,1-6H3,(H,89,90)(H,91,92)/t76?,77-,78+,79+/m0/s1. The fourth-order valence-electron chi connectivity index (χ4n) is 12.9. The number of carbonyl (C=O) groups is 4. The Morgan fingerprint density at radius 1 is 0.284 bits per heavy atom. The number of hydrogen-bond acceptors (Lipinski definition) is 15. The van der Waals surface area contributed by atoms with Crippen molar-refractivity contribution in [1.82, 2.24) is 0 Å². The molecule has 6 atom stereocenters. The van der Waals surface area contributed by atoms with Gasteiger partial charge in [-0.25, -0.2) is 9.13 Å². The van der Waals surface area contributed by atoms with Gasteiger partial charge in [0.1, 0.15) is 19.3 Å². The summed E-state index contributed by atoms with van der Waals surface area (Å²) in [6.07, 6.45) is 65.0. The fraction of sp³-hybridized carbons (Fsp3) is 0.952. The SMILES string of the molecule is CCCCCCCCCCCCCCCCCCC(=O)O[C@H](COC(=O)CCCCCCCCCCCCC)COP(=O)(O)OC[C@H](O)COP(=O)(O)OC[C@@H](COC(=O)CCCCCCCCCCCCCCCCC(C)C)OC(=O)CCCCCCCCCCCCCCCCC(C)CC. The van der Waals surface area contributed by atoms with Gasteiger partial charge in [0, 0.05) is 25.7 Å². The number of carbonyl (C=O) groups excluding carboxylic acids is 4. The maximum absolute atomic E-state index is 13.1. The molecular formula is C83H162O17P2. The van der Waals surface area contributed by atoms with E-state index in [0.717, 1.165) is 102 Å². The summed E-state index contributed by atoms with van der Waals surface area (Å²) >= 11 is 0. The Kier molecular flexibility index (Phi) is 73.1. The molecule has 0 aromatic heterocycles. The van der Waals surface area contributed by atoms with Gasteiger partial charge in [-0.05, 0) is 37.5 Å². The highest BCUT2D eigenvalue weighted by atomic mass is 31.2. The number of ether oxygens (including phenoxy) is 4. The first-order chi connectivity index (χ1) is 49.4. The predicted molar refractivity (Wildman–Crippen MR) is 418 cm³/mol. The van der Waals surface area contributed by atoms with E-state index in [-0.39, 0.29) is 25.7 Å². The normalized spacial score (nSPS) is 14.1. The van der Waals surface area contributed by atoms with Crippen LogP contribution in [0.15, 0.2) is 0 Å². The number of hydrogen-bond donors (Lipinski definition) is 3. The summed E-state index contributed by atoms with van der Waals surface area (Å²) in [4.78, 5) is 73.1. The monoisotopic (exact) mass is 1490 g/mol. The summed E-state index contributed by atoms with van der Waals surface area (Å²) in [6, 6.07) is 0. The molecular weight excluding hydrogens is 1330 g/mol. The van der Waals surface area contributed by atoms with Gasteiger partial charge in [0.05, 0.1) is 26.4 Å². The van der Waals surface area contributed by atoms with Crippen LogP contribution < -0.4 is 0 Å². The maximum atomic E-state index is 13.1. The molecule has 3 N–H and O–H groups in total. The Hall–Kier alpha value is -1.94. The Labute approximate surface area is 626 Å². The first kappa shape index (κ1) is 100. The second kappa shape index (κ2) is 74.5. The van der Waals surface area contributed by atoms with Gasteiger partial charge in [0.2, 0.25) is 0 Å². The summed E-state index contributed by atoms with van der Waals surface area (Å²) in [7, 11) is -9.92. The van der Waals surface area contributed by atoms with Gasteiger partial charge in [0.15, 0.2) is 12.2 Å². The maximum Gasteiger partial charge on any atom is 0.472 e. The largest absolute Gasteiger partial charge is 0.472 e. The van der Waals surface area contributed by atoms with E-state index in [9.17, 15) is 43.2 Å². The third kappa shape index (κ3) is 74.9. The van der Waals surface area contributed by atoms with Gasteiger partial charge in [0.25, 0.3) is 0 Å². The van der Waals surface area contributed by atoms with Crippen molar-refractivity contribution in [3.8, 4) is 0 Å². The van der Waals surface area contributed by atoms with Gasteiger partial charge >= 0.3 is 39.5 Å². The molecule has 0 saturated carbocycles. The van der Waals surface area contributed by atoms with Crippen LogP contribution >= 0.6 is 15.6 Å². The zero-order chi connectivity index (χ0) is 74.9. The van der Waals surface area contributed by atoms with Crippen LogP contribution in [0.1, 0.15) is 440 Å². The molecule has 0 rings (SSSR count). The third-order valence-electron chi connectivity index (χ3n) is 19.8. The smallest absolute Gasteiger partial charge is 0.462 e. The van der Waals surface area contributed by atoms with Crippen LogP contribution in [-0.4, -0.2) is 96.7 Å². The van der Waals surface area contributed by atoms with E-state index in [4.69, 9.17) is 37.0 Å². The van der Waals surface area contributed by atoms with Gasteiger partial charge in [-0.15, -0.1) is 0 Å². The Balaban J connectivity index is 5.26. The van der Waals surface area contributed by atoms with E-state index in [0.29, 0.717) is 25.7 Å². The van der Waals surface area contributed by atoms with Crippen LogP contribution in [0.4, 0.5) is 0 Å². The predicted octanol–water partition coefficient (Wildman–Crippen LogP) is 25.1. The molecule has 17 nitrogen and oxygen atoms in total. The lowest BCUT2D eigenvalue weighted by atomic mass is 9.99. The molecule has 0 fully saturated rings.